The lowest BCUT2D eigenvalue weighted by Crippen LogP contribution is -2.37. The van der Waals surface area contributed by atoms with Crippen molar-refractivity contribution in [2.75, 3.05) is 6.61 Å². The van der Waals surface area contributed by atoms with Crippen LogP contribution >= 0.6 is 11.6 Å². The highest BCUT2D eigenvalue weighted by atomic mass is 35.5. The molecule has 0 aliphatic carbocycles. The van der Waals surface area contributed by atoms with Gasteiger partial charge < -0.3 is 10.1 Å². The predicted molar refractivity (Wildman–Crippen MR) is 110 cm³/mol. The number of nitrogens with one attached hydrogen (secondary N) is 1. The number of carbonyl (C=O) groups is 1. The number of aromatic nitrogens is 3. The van der Waals surface area contributed by atoms with Crippen molar-refractivity contribution in [3.63, 3.8) is 0 Å². The van der Waals surface area contributed by atoms with Crippen LogP contribution in [0, 0.1) is 5.92 Å². The number of rotatable bonds is 3. The van der Waals surface area contributed by atoms with Crippen molar-refractivity contribution in [3.8, 4) is 0 Å². The maximum absolute atomic E-state index is 13.2. The number of halogens is 1. The monoisotopic (exact) mass is 410 g/mol. The van der Waals surface area contributed by atoms with Crippen LogP contribution in [-0.4, -0.2) is 27.5 Å². The summed E-state index contributed by atoms with van der Waals surface area (Å²) in [5.74, 6) is -0.213. The zero-order valence-corrected chi connectivity index (χ0v) is 16.8. The van der Waals surface area contributed by atoms with Crippen LogP contribution < -0.4 is 5.32 Å². The highest BCUT2D eigenvalue weighted by Crippen LogP contribution is 2.21. The van der Waals surface area contributed by atoms with E-state index < -0.39 is 0 Å². The van der Waals surface area contributed by atoms with Crippen LogP contribution in [0.2, 0.25) is 5.02 Å². The molecule has 1 aliphatic heterocycles. The van der Waals surface area contributed by atoms with Gasteiger partial charge in [-0.1, -0.05) is 59.3 Å². The van der Waals surface area contributed by atoms with Gasteiger partial charge in [-0.3, -0.25) is 9.48 Å². The molecule has 1 aromatic heterocycles. The van der Waals surface area contributed by atoms with Crippen LogP contribution in [0.3, 0.4) is 0 Å². The van der Waals surface area contributed by atoms with Gasteiger partial charge in [-0.25, -0.2) is 0 Å². The van der Waals surface area contributed by atoms with Gasteiger partial charge in [-0.2, -0.15) is 0 Å². The van der Waals surface area contributed by atoms with E-state index >= 15 is 0 Å². The molecule has 0 saturated carbocycles. The fraction of sp³-hybridized carbons (Fsp3) is 0.318. The van der Waals surface area contributed by atoms with E-state index in [1.54, 1.807) is 4.68 Å². The second kappa shape index (κ2) is 9.20. The minimum absolute atomic E-state index is 0.00309. The number of aryl methyl sites for hydroxylation is 1. The van der Waals surface area contributed by atoms with Gasteiger partial charge in [0.25, 0.3) is 0 Å². The molecule has 3 aromatic rings. The Morgan fingerprint density at radius 2 is 2.03 bits per heavy atom. The third-order valence-corrected chi connectivity index (χ3v) is 5.32. The van der Waals surface area contributed by atoms with E-state index in [0.717, 1.165) is 16.8 Å². The SMILES string of the molecule is O=C1N[C@@H](c2ccccc2)COCc2cn(nn2)CC[C@@H]1Cc1cccc(Cl)c1. The van der Waals surface area contributed by atoms with Gasteiger partial charge in [-0.05, 0) is 36.1 Å². The van der Waals surface area contributed by atoms with Gasteiger partial charge in [-0.15, -0.1) is 5.10 Å². The van der Waals surface area contributed by atoms with Crippen molar-refractivity contribution in [2.45, 2.75) is 32.0 Å². The number of carbonyl (C=O) groups excluding carboxylic acids is 1. The molecule has 2 heterocycles. The Morgan fingerprint density at radius 1 is 1.17 bits per heavy atom. The summed E-state index contributed by atoms with van der Waals surface area (Å²) < 4.78 is 7.61. The lowest BCUT2D eigenvalue weighted by Gasteiger charge is -2.24. The lowest BCUT2D eigenvalue weighted by atomic mass is 9.94. The Labute approximate surface area is 174 Å². The van der Waals surface area contributed by atoms with Crippen LogP contribution in [0.15, 0.2) is 60.8 Å². The molecule has 0 fully saturated rings. The van der Waals surface area contributed by atoms with Crippen LogP contribution in [-0.2, 0) is 29.1 Å². The van der Waals surface area contributed by atoms with E-state index in [4.69, 9.17) is 16.3 Å². The van der Waals surface area contributed by atoms with E-state index in [9.17, 15) is 4.79 Å². The van der Waals surface area contributed by atoms with Crippen molar-refractivity contribution in [1.82, 2.24) is 20.3 Å². The molecule has 1 N–H and O–H groups in total. The summed E-state index contributed by atoms with van der Waals surface area (Å²) in [5, 5.41) is 12.2. The first-order valence-corrected chi connectivity index (χ1v) is 10.1. The molecule has 1 aliphatic rings. The molecule has 7 heteroatoms. The maximum atomic E-state index is 13.2. The van der Waals surface area contributed by atoms with Crippen LogP contribution in [0.1, 0.15) is 29.3 Å². The van der Waals surface area contributed by atoms with Crippen molar-refractivity contribution in [1.29, 1.82) is 0 Å². The summed E-state index contributed by atoms with van der Waals surface area (Å²) in [6.45, 7) is 1.35. The smallest absolute Gasteiger partial charge is 0.224 e. The normalized spacial score (nSPS) is 20.4. The summed E-state index contributed by atoms with van der Waals surface area (Å²) in [6.07, 6.45) is 3.15. The minimum atomic E-state index is -0.222. The largest absolute Gasteiger partial charge is 0.373 e. The summed E-state index contributed by atoms with van der Waals surface area (Å²) in [4.78, 5) is 13.2. The first-order valence-electron chi connectivity index (χ1n) is 9.74. The van der Waals surface area contributed by atoms with E-state index in [0.29, 0.717) is 37.6 Å². The number of hydrogen-bond donors (Lipinski definition) is 1. The van der Waals surface area contributed by atoms with Gasteiger partial charge in [0.05, 0.1) is 25.5 Å². The van der Waals surface area contributed by atoms with Gasteiger partial charge >= 0.3 is 0 Å². The first kappa shape index (κ1) is 19.6. The molecule has 2 bridgehead atoms. The van der Waals surface area contributed by atoms with E-state index in [2.05, 4.69) is 15.6 Å². The number of fused-ring (bicyclic) bond motifs is 2. The lowest BCUT2D eigenvalue weighted by molar-refractivity contribution is -0.126. The molecule has 0 saturated heterocycles. The molecule has 1 amide bonds. The summed E-state index contributed by atoms with van der Waals surface area (Å²) in [7, 11) is 0. The number of hydrogen-bond acceptors (Lipinski definition) is 4. The molecular weight excluding hydrogens is 388 g/mol. The second-order valence-electron chi connectivity index (χ2n) is 7.28. The zero-order chi connectivity index (χ0) is 20.1. The molecule has 150 valence electrons. The highest BCUT2D eigenvalue weighted by Gasteiger charge is 2.24. The van der Waals surface area contributed by atoms with Crippen LogP contribution in [0.4, 0.5) is 0 Å². The fourth-order valence-electron chi connectivity index (χ4n) is 3.55. The Kier molecular flexibility index (Phi) is 6.22. The molecule has 29 heavy (non-hydrogen) atoms. The Morgan fingerprint density at radius 3 is 2.86 bits per heavy atom. The van der Waals surface area contributed by atoms with Crippen molar-refractivity contribution in [2.24, 2.45) is 5.92 Å². The standard InChI is InChI=1S/C22H23ClN4O2/c23-19-8-4-5-16(12-19)11-18-9-10-27-13-20(25-26-27)14-29-15-21(24-22(18)28)17-6-2-1-3-7-17/h1-8,12-13,18,21H,9-11,14-15H2,(H,24,28)/t18-,21-/m1/s1. The number of amides is 1. The van der Waals surface area contributed by atoms with Gasteiger partial charge in [0.15, 0.2) is 0 Å². The fourth-order valence-corrected chi connectivity index (χ4v) is 3.77. The van der Waals surface area contributed by atoms with Gasteiger partial charge in [0.2, 0.25) is 5.91 Å². The number of benzene rings is 2. The molecular formula is C22H23ClN4O2. The maximum Gasteiger partial charge on any atom is 0.224 e. The summed E-state index contributed by atoms with van der Waals surface area (Å²) in [5.41, 5.74) is 2.84. The second-order valence-corrected chi connectivity index (χ2v) is 7.72. The van der Waals surface area contributed by atoms with E-state index in [1.165, 1.54) is 0 Å². The molecule has 0 radical (unpaired) electrons. The average molecular weight is 411 g/mol. The molecule has 2 atom stereocenters. The Hall–Kier alpha value is -2.70. The molecule has 6 nitrogen and oxygen atoms in total. The molecule has 2 aromatic carbocycles. The van der Waals surface area contributed by atoms with Gasteiger partial charge in [0.1, 0.15) is 5.69 Å². The average Bonchev–Trinajstić information content (AvgIpc) is 3.18. The molecule has 4 rings (SSSR count). The van der Waals surface area contributed by atoms with E-state index in [-0.39, 0.29) is 17.9 Å². The minimum Gasteiger partial charge on any atom is -0.373 e. The van der Waals surface area contributed by atoms with Crippen molar-refractivity contribution >= 4 is 17.5 Å². The van der Waals surface area contributed by atoms with Crippen LogP contribution in [0.25, 0.3) is 0 Å². The highest BCUT2D eigenvalue weighted by molar-refractivity contribution is 6.30. The topological polar surface area (TPSA) is 69.0 Å². The molecule has 0 unspecified atom stereocenters. The number of ether oxygens (including phenoxy) is 1. The third-order valence-electron chi connectivity index (χ3n) is 5.09. The zero-order valence-electron chi connectivity index (χ0n) is 16.0. The summed E-state index contributed by atoms with van der Waals surface area (Å²) >= 11 is 6.14. The summed E-state index contributed by atoms with van der Waals surface area (Å²) in [6, 6.07) is 17.3. The van der Waals surface area contributed by atoms with E-state index in [1.807, 2.05) is 60.8 Å². The Bertz CT molecular complexity index is 960. The predicted octanol–water partition coefficient (Wildman–Crippen LogP) is 3.57. The first-order chi connectivity index (χ1) is 14.2. The quantitative estimate of drug-likeness (QED) is 0.716. The third kappa shape index (κ3) is 5.22. The Balaban J connectivity index is 1.59. The molecule has 0 spiro atoms. The number of nitrogens with zero attached hydrogens (tertiary/aromatic N) is 3. The van der Waals surface area contributed by atoms with Crippen molar-refractivity contribution < 1.29 is 9.53 Å². The van der Waals surface area contributed by atoms with Crippen LogP contribution in [0.5, 0.6) is 0 Å². The van der Waals surface area contributed by atoms with Gasteiger partial charge in [0, 0.05) is 17.5 Å². The van der Waals surface area contributed by atoms with Crippen molar-refractivity contribution in [3.05, 3.63) is 82.6 Å².